The van der Waals surface area contributed by atoms with Crippen LogP contribution in [0.4, 0.5) is 10.5 Å². The first-order valence-electron chi connectivity index (χ1n) is 12.8. The van der Waals surface area contributed by atoms with Gasteiger partial charge < -0.3 is 24.4 Å². The zero-order valence-corrected chi connectivity index (χ0v) is 21.5. The normalized spacial score (nSPS) is 19.4. The van der Waals surface area contributed by atoms with Crippen molar-refractivity contribution in [2.24, 2.45) is 0 Å². The van der Waals surface area contributed by atoms with Crippen LogP contribution in [0, 0.1) is 0 Å². The average molecular weight is 482 g/mol. The summed E-state index contributed by atoms with van der Waals surface area (Å²) in [4.78, 5) is 18.1. The van der Waals surface area contributed by atoms with Crippen LogP contribution < -0.4 is 14.8 Å². The van der Waals surface area contributed by atoms with Gasteiger partial charge in [0.25, 0.3) is 0 Å². The van der Waals surface area contributed by atoms with Gasteiger partial charge in [0.1, 0.15) is 17.1 Å². The van der Waals surface area contributed by atoms with Crippen molar-refractivity contribution in [1.82, 2.24) is 9.80 Å². The number of morpholine rings is 1. The van der Waals surface area contributed by atoms with E-state index in [2.05, 4.69) is 43.1 Å². The number of urea groups is 1. The molecule has 1 fully saturated rings. The number of ether oxygens (including phenoxy) is 3. The second-order valence-corrected chi connectivity index (χ2v) is 9.84. The molecule has 0 radical (unpaired) electrons. The molecule has 1 atom stereocenters. The first kappa shape index (κ1) is 25.3. The molecule has 2 heterocycles. The van der Waals surface area contributed by atoms with Crippen molar-refractivity contribution in [3.63, 3.8) is 0 Å². The summed E-state index contributed by atoms with van der Waals surface area (Å²) in [6.45, 7) is 13.5. The number of fused-ring (bicyclic) bond motifs is 1. The molecule has 4 rings (SSSR count). The topological polar surface area (TPSA) is 63.3 Å². The fraction of sp³-hybridized carbons (Fsp3) is 0.536. The van der Waals surface area contributed by atoms with E-state index in [1.807, 2.05) is 42.2 Å². The molecule has 0 unspecified atom stereocenters. The molecule has 1 saturated heterocycles. The van der Waals surface area contributed by atoms with Crippen molar-refractivity contribution < 1.29 is 19.0 Å². The number of rotatable bonds is 8. The Morgan fingerprint density at radius 3 is 2.57 bits per heavy atom. The van der Waals surface area contributed by atoms with Crippen LogP contribution in [0.2, 0.25) is 0 Å². The zero-order valence-electron chi connectivity index (χ0n) is 21.5. The van der Waals surface area contributed by atoms with E-state index >= 15 is 0 Å². The molecule has 2 aromatic rings. The third-order valence-corrected chi connectivity index (χ3v) is 6.73. The third kappa shape index (κ3) is 6.47. The van der Waals surface area contributed by atoms with Crippen molar-refractivity contribution in [2.75, 3.05) is 51.3 Å². The standard InChI is InChI=1S/C28H39N3O4/c1-5-21-7-9-22(10-8-21)29-27(32)31(14-13-30-15-17-33-18-16-30)25-20-28(3,4)35-26-12-11-23(34-6-2)19-24(25)26/h7-12,19,25H,5-6,13-18,20H2,1-4H3,(H,29,32)/t25-/m1/s1. The Morgan fingerprint density at radius 1 is 1.14 bits per heavy atom. The number of amides is 2. The highest BCUT2D eigenvalue weighted by atomic mass is 16.5. The van der Waals surface area contributed by atoms with Crippen LogP contribution in [0.1, 0.15) is 51.3 Å². The highest BCUT2D eigenvalue weighted by molar-refractivity contribution is 5.89. The van der Waals surface area contributed by atoms with Gasteiger partial charge in [-0.25, -0.2) is 4.79 Å². The Labute approximate surface area is 209 Å². The molecule has 0 aliphatic carbocycles. The summed E-state index contributed by atoms with van der Waals surface area (Å²) < 4.78 is 17.6. The van der Waals surface area contributed by atoms with Crippen molar-refractivity contribution in [1.29, 1.82) is 0 Å². The minimum absolute atomic E-state index is 0.0991. The number of carbonyl (C=O) groups excluding carboxylic acids is 1. The van der Waals surface area contributed by atoms with Crippen molar-refractivity contribution >= 4 is 11.7 Å². The Balaban J connectivity index is 1.63. The van der Waals surface area contributed by atoms with Crippen molar-refractivity contribution in [2.45, 2.75) is 52.2 Å². The highest BCUT2D eigenvalue weighted by Crippen LogP contribution is 2.44. The molecule has 7 nitrogen and oxygen atoms in total. The highest BCUT2D eigenvalue weighted by Gasteiger charge is 2.39. The SMILES string of the molecule is CCOc1ccc2c(c1)[C@H](N(CCN1CCOCC1)C(=O)Nc1ccc(CC)cc1)CC(C)(C)O2. The van der Waals surface area contributed by atoms with E-state index in [1.54, 1.807) is 0 Å². The summed E-state index contributed by atoms with van der Waals surface area (Å²) in [5, 5.41) is 3.15. The summed E-state index contributed by atoms with van der Waals surface area (Å²) in [6.07, 6.45) is 1.66. The molecule has 0 aromatic heterocycles. The molecule has 7 heteroatoms. The van der Waals surface area contributed by atoms with Gasteiger partial charge in [0.05, 0.1) is 25.9 Å². The molecule has 190 valence electrons. The summed E-state index contributed by atoms with van der Waals surface area (Å²) in [6, 6.07) is 13.8. The third-order valence-electron chi connectivity index (χ3n) is 6.73. The largest absolute Gasteiger partial charge is 0.494 e. The zero-order chi connectivity index (χ0) is 24.8. The summed E-state index contributed by atoms with van der Waals surface area (Å²) >= 11 is 0. The van der Waals surface area contributed by atoms with Gasteiger partial charge in [0.15, 0.2) is 0 Å². The van der Waals surface area contributed by atoms with Gasteiger partial charge in [0.2, 0.25) is 0 Å². The molecule has 0 saturated carbocycles. The van der Waals surface area contributed by atoms with E-state index in [0.717, 1.165) is 62.0 Å². The summed E-state index contributed by atoms with van der Waals surface area (Å²) in [7, 11) is 0. The molecule has 1 N–H and O–H groups in total. The summed E-state index contributed by atoms with van der Waals surface area (Å²) in [5.41, 5.74) is 2.65. The summed E-state index contributed by atoms with van der Waals surface area (Å²) in [5.74, 6) is 1.61. The molecular weight excluding hydrogens is 442 g/mol. The number of nitrogens with zero attached hydrogens (tertiary/aromatic N) is 2. The lowest BCUT2D eigenvalue weighted by atomic mass is 9.88. The maximum atomic E-state index is 13.8. The fourth-order valence-electron chi connectivity index (χ4n) is 4.82. The number of benzene rings is 2. The number of hydrogen-bond acceptors (Lipinski definition) is 5. The van der Waals surface area contributed by atoms with Gasteiger partial charge >= 0.3 is 6.03 Å². The number of carbonyl (C=O) groups is 1. The van der Waals surface area contributed by atoms with E-state index in [-0.39, 0.29) is 12.1 Å². The molecule has 2 amide bonds. The van der Waals surface area contributed by atoms with Crippen LogP contribution in [-0.2, 0) is 11.2 Å². The average Bonchev–Trinajstić information content (AvgIpc) is 2.85. The molecule has 2 aliphatic heterocycles. The van der Waals surface area contributed by atoms with E-state index < -0.39 is 5.60 Å². The first-order chi connectivity index (χ1) is 16.9. The minimum Gasteiger partial charge on any atom is -0.494 e. The molecule has 2 aromatic carbocycles. The van der Waals surface area contributed by atoms with Crippen molar-refractivity contribution in [3.05, 3.63) is 53.6 Å². The van der Waals surface area contributed by atoms with Gasteiger partial charge in [-0.15, -0.1) is 0 Å². The molecule has 0 bridgehead atoms. The van der Waals surface area contributed by atoms with Crippen LogP contribution in [0.5, 0.6) is 11.5 Å². The Morgan fingerprint density at radius 2 is 1.89 bits per heavy atom. The number of anilines is 1. The Hall–Kier alpha value is -2.77. The Kier molecular flexibility index (Phi) is 8.19. The van der Waals surface area contributed by atoms with Crippen LogP contribution in [0.3, 0.4) is 0 Å². The van der Waals surface area contributed by atoms with Gasteiger partial charge in [0, 0.05) is 43.9 Å². The fourth-order valence-corrected chi connectivity index (χ4v) is 4.82. The Bertz CT molecular complexity index is 986. The van der Waals surface area contributed by atoms with E-state index in [1.165, 1.54) is 5.56 Å². The molecule has 0 spiro atoms. The second-order valence-electron chi connectivity index (χ2n) is 9.84. The predicted octanol–water partition coefficient (Wildman–Crippen LogP) is 5.12. The lowest BCUT2D eigenvalue weighted by molar-refractivity contribution is 0.0226. The van der Waals surface area contributed by atoms with Crippen LogP contribution >= 0.6 is 0 Å². The second kappa shape index (κ2) is 11.3. The number of hydrogen-bond donors (Lipinski definition) is 1. The number of aryl methyl sites for hydroxylation is 1. The minimum atomic E-state index is -0.398. The van der Waals surface area contributed by atoms with Crippen LogP contribution in [0.15, 0.2) is 42.5 Å². The molecular formula is C28H39N3O4. The smallest absolute Gasteiger partial charge is 0.322 e. The van der Waals surface area contributed by atoms with Gasteiger partial charge in [-0.3, -0.25) is 4.90 Å². The van der Waals surface area contributed by atoms with Crippen LogP contribution in [-0.4, -0.2) is 67.4 Å². The lowest BCUT2D eigenvalue weighted by Gasteiger charge is -2.43. The van der Waals surface area contributed by atoms with Gasteiger partial charge in [-0.2, -0.15) is 0 Å². The van der Waals surface area contributed by atoms with E-state index in [4.69, 9.17) is 14.2 Å². The first-order valence-corrected chi connectivity index (χ1v) is 12.8. The van der Waals surface area contributed by atoms with E-state index in [9.17, 15) is 4.79 Å². The predicted molar refractivity (Wildman–Crippen MR) is 138 cm³/mol. The quantitative estimate of drug-likeness (QED) is 0.567. The van der Waals surface area contributed by atoms with Gasteiger partial charge in [-0.05, 0) is 63.1 Å². The molecule has 35 heavy (non-hydrogen) atoms. The van der Waals surface area contributed by atoms with Gasteiger partial charge in [-0.1, -0.05) is 19.1 Å². The van der Waals surface area contributed by atoms with Crippen molar-refractivity contribution in [3.8, 4) is 11.5 Å². The maximum absolute atomic E-state index is 13.8. The van der Waals surface area contributed by atoms with E-state index in [0.29, 0.717) is 19.6 Å². The maximum Gasteiger partial charge on any atom is 0.322 e. The van der Waals surface area contributed by atoms with Crippen LogP contribution in [0.25, 0.3) is 0 Å². The number of nitrogens with one attached hydrogen (secondary N) is 1. The monoisotopic (exact) mass is 481 g/mol. The molecule has 2 aliphatic rings. The lowest BCUT2D eigenvalue weighted by Crippen LogP contribution is -2.48.